The van der Waals surface area contributed by atoms with Gasteiger partial charge >= 0.3 is 5.97 Å². The van der Waals surface area contributed by atoms with Crippen molar-refractivity contribution < 1.29 is 9.53 Å². The third kappa shape index (κ3) is 4.40. The molecule has 0 spiro atoms. The zero-order valence-corrected chi connectivity index (χ0v) is 17.5. The molecule has 1 atom stereocenters. The summed E-state index contributed by atoms with van der Waals surface area (Å²) in [5.41, 5.74) is 3.21. The molecule has 0 fully saturated rings. The first-order valence-electron chi connectivity index (χ1n) is 8.33. The van der Waals surface area contributed by atoms with Gasteiger partial charge in [0, 0.05) is 15.8 Å². The Labute approximate surface area is 172 Å². The highest BCUT2D eigenvalue weighted by Gasteiger charge is 2.18. The lowest BCUT2D eigenvalue weighted by atomic mass is 10.1. The molecule has 0 saturated heterocycles. The Morgan fingerprint density at radius 2 is 1.93 bits per heavy atom. The number of hydrogen-bond donors (Lipinski definition) is 2. The van der Waals surface area contributed by atoms with Gasteiger partial charge in [0.1, 0.15) is 4.88 Å². The maximum absolute atomic E-state index is 11.8. The quantitative estimate of drug-likeness (QED) is 0.420. The molecule has 1 unspecified atom stereocenters. The minimum atomic E-state index is -0.431. The molecule has 140 valence electrons. The number of carbonyl (C=O) groups is 1. The van der Waals surface area contributed by atoms with Gasteiger partial charge in [0.05, 0.1) is 18.2 Å². The molecule has 3 aromatic rings. The predicted molar refractivity (Wildman–Crippen MR) is 117 cm³/mol. The highest BCUT2D eigenvalue weighted by Crippen LogP contribution is 2.37. The average Bonchev–Trinajstić information content (AvgIpc) is 2.97. The van der Waals surface area contributed by atoms with Crippen molar-refractivity contribution in [3.63, 3.8) is 0 Å². The van der Waals surface area contributed by atoms with Gasteiger partial charge in [0.2, 0.25) is 0 Å². The van der Waals surface area contributed by atoms with E-state index in [4.69, 9.17) is 28.6 Å². The van der Waals surface area contributed by atoms with Crippen molar-refractivity contribution in [3.8, 4) is 0 Å². The van der Waals surface area contributed by atoms with Gasteiger partial charge in [-0.3, -0.25) is 0 Å². The van der Waals surface area contributed by atoms with Crippen molar-refractivity contribution in [1.82, 2.24) is 5.32 Å². The van der Waals surface area contributed by atoms with E-state index >= 15 is 0 Å². The summed E-state index contributed by atoms with van der Waals surface area (Å²) in [6, 6.07) is 14.1. The first kappa shape index (κ1) is 19.6. The number of thiocarbonyl (C=S) groups is 1. The summed E-state index contributed by atoms with van der Waals surface area (Å²) in [5.74, 6) is -0.431. The Hall–Kier alpha value is -2.15. The van der Waals surface area contributed by atoms with Crippen LogP contribution in [-0.4, -0.2) is 18.2 Å². The number of methoxy groups -OCH3 is 1. The minimum Gasteiger partial charge on any atom is -0.465 e. The number of ether oxygens (including phenoxy) is 1. The standard InChI is InChI=1S/C20H19ClN2O2S2/c1-11-4-6-13(7-5-11)12(2)22-20(26)23-14-8-9-15-16(10-14)27-18(17(15)21)19(24)25-3/h4-10,12H,1-3H3,(H2,22,23,26). The first-order valence-corrected chi connectivity index (χ1v) is 9.93. The third-order valence-electron chi connectivity index (χ3n) is 4.18. The molecular weight excluding hydrogens is 400 g/mol. The van der Waals surface area contributed by atoms with Gasteiger partial charge in [-0.25, -0.2) is 4.79 Å². The second-order valence-corrected chi connectivity index (χ2v) is 8.02. The van der Waals surface area contributed by atoms with E-state index in [1.54, 1.807) is 0 Å². The number of fused-ring (bicyclic) bond motifs is 1. The predicted octanol–water partition coefficient (Wildman–Crippen LogP) is 5.70. The van der Waals surface area contributed by atoms with Crippen LogP contribution in [0.25, 0.3) is 10.1 Å². The van der Waals surface area contributed by atoms with E-state index in [1.807, 2.05) is 18.2 Å². The number of hydrogen-bond acceptors (Lipinski definition) is 4. The van der Waals surface area contributed by atoms with E-state index in [0.717, 1.165) is 21.3 Å². The highest BCUT2D eigenvalue weighted by atomic mass is 35.5. The highest BCUT2D eigenvalue weighted by molar-refractivity contribution is 7.80. The van der Waals surface area contributed by atoms with Crippen LogP contribution in [0.15, 0.2) is 42.5 Å². The molecule has 0 aliphatic carbocycles. The lowest BCUT2D eigenvalue weighted by molar-refractivity contribution is 0.0606. The van der Waals surface area contributed by atoms with Crippen molar-refractivity contribution in [3.05, 3.63) is 63.5 Å². The summed E-state index contributed by atoms with van der Waals surface area (Å²) in [5, 5.41) is 8.23. The Kier molecular flexibility index (Phi) is 5.99. The van der Waals surface area contributed by atoms with Crippen LogP contribution in [-0.2, 0) is 4.74 Å². The van der Waals surface area contributed by atoms with Gasteiger partial charge in [-0.2, -0.15) is 0 Å². The van der Waals surface area contributed by atoms with Crippen LogP contribution in [0.4, 0.5) is 5.69 Å². The van der Waals surface area contributed by atoms with E-state index in [2.05, 4.69) is 48.7 Å². The summed E-state index contributed by atoms with van der Waals surface area (Å²) in [6.07, 6.45) is 0. The SMILES string of the molecule is COC(=O)c1sc2cc(NC(=S)NC(C)c3ccc(C)cc3)ccc2c1Cl. The smallest absolute Gasteiger partial charge is 0.349 e. The van der Waals surface area contributed by atoms with Crippen molar-refractivity contribution in [1.29, 1.82) is 0 Å². The fourth-order valence-electron chi connectivity index (χ4n) is 2.67. The lowest BCUT2D eigenvalue weighted by Crippen LogP contribution is -2.30. The van der Waals surface area contributed by atoms with Crippen LogP contribution in [0, 0.1) is 6.92 Å². The van der Waals surface area contributed by atoms with Gasteiger partial charge in [-0.05, 0) is 49.8 Å². The first-order chi connectivity index (χ1) is 12.9. The van der Waals surface area contributed by atoms with Gasteiger partial charge in [0.15, 0.2) is 5.11 Å². The van der Waals surface area contributed by atoms with Crippen LogP contribution in [0.5, 0.6) is 0 Å². The largest absolute Gasteiger partial charge is 0.465 e. The molecule has 3 rings (SSSR count). The monoisotopic (exact) mass is 418 g/mol. The molecule has 7 heteroatoms. The fourth-order valence-corrected chi connectivity index (χ4v) is 4.43. The maximum Gasteiger partial charge on any atom is 0.349 e. The molecule has 0 bridgehead atoms. The molecule has 2 N–H and O–H groups in total. The van der Waals surface area contributed by atoms with Crippen molar-refractivity contribution in [2.45, 2.75) is 19.9 Å². The molecule has 0 saturated carbocycles. The molecule has 1 aromatic heterocycles. The van der Waals surface area contributed by atoms with E-state index < -0.39 is 5.97 Å². The number of anilines is 1. The van der Waals surface area contributed by atoms with E-state index in [0.29, 0.717) is 15.0 Å². The van der Waals surface area contributed by atoms with Crippen molar-refractivity contribution in [2.75, 3.05) is 12.4 Å². The number of thiophene rings is 1. The molecule has 1 heterocycles. The molecule has 0 radical (unpaired) electrons. The Morgan fingerprint density at radius 1 is 1.22 bits per heavy atom. The lowest BCUT2D eigenvalue weighted by Gasteiger charge is -2.17. The summed E-state index contributed by atoms with van der Waals surface area (Å²) in [6.45, 7) is 4.12. The van der Waals surface area contributed by atoms with E-state index in [1.165, 1.54) is 24.0 Å². The molecule has 4 nitrogen and oxygen atoms in total. The third-order valence-corrected chi connectivity index (χ3v) is 6.04. The van der Waals surface area contributed by atoms with Gasteiger partial charge in [-0.1, -0.05) is 41.4 Å². The Morgan fingerprint density at radius 3 is 2.59 bits per heavy atom. The van der Waals surface area contributed by atoms with E-state index in [-0.39, 0.29) is 6.04 Å². The maximum atomic E-state index is 11.8. The summed E-state index contributed by atoms with van der Waals surface area (Å²) in [4.78, 5) is 12.2. The van der Waals surface area contributed by atoms with Crippen molar-refractivity contribution >= 4 is 62.0 Å². The van der Waals surface area contributed by atoms with Gasteiger partial charge < -0.3 is 15.4 Å². The average molecular weight is 419 g/mol. The normalized spacial score (nSPS) is 11.9. The Balaban J connectivity index is 1.73. The summed E-state index contributed by atoms with van der Waals surface area (Å²) >= 11 is 13.0. The molecular formula is C20H19ClN2O2S2. The summed E-state index contributed by atoms with van der Waals surface area (Å²) < 4.78 is 5.66. The minimum absolute atomic E-state index is 0.0800. The van der Waals surface area contributed by atoms with Crippen molar-refractivity contribution in [2.24, 2.45) is 0 Å². The van der Waals surface area contributed by atoms with Crippen LogP contribution in [0.3, 0.4) is 0 Å². The molecule has 0 aliphatic heterocycles. The molecule has 2 aromatic carbocycles. The number of benzene rings is 2. The Bertz CT molecular complexity index is 999. The number of carbonyl (C=O) groups excluding carboxylic acids is 1. The second kappa shape index (κ2) is 8.25. The number of halogens is 1. The summed E-state index contributed by atoms with van der Waals surface area (Å²) in [7, 11) is 1.34. The zero-order valence-electron chi connectivity index (χ0n) is 15.1. The van der Waals surface area contributed by atoms with Crippen LogP contribution >= 0.6 is 35.2 Å². The van der Waals surface area contributed by atoms with E-state index in [9.17, 15) is 4.79 Å². The second-order valence-electron chi connectivity index (χ2n) is 6.18. The number of esters is 1. The number of nitrogens with one attached hydrogen (secondary N) is 2. The van der Waals surface area contributed by atoms with Gasteiger partial charge in [0.25, 0.3) is 0 Å². The number of aryl methyl sites for hydroxylation is 1. The van der Waals surface area contributed by atoms with Crippen LogP contribution in [0.2, 0.25) is 5.02 Å². The zero-order chi connectivity index (χ0) is 19.6. The fraction of sp³-hybridized carbons (Fsp3) is 0.200. The van der Waals surface area contributed by atoms with Gasteiger partial charge in [-0.15, -0.1) is 11.3 Å². The molecule has 27 heavy (non-hydrogen) atoms. The topological polar surface area (TPSA) is 50.4 Å². The molecule has 0 amide bonds. The van der Waals surface area contributed by atoms with Crippen LogP contribution in [0.1, 0.15) is 33.8 Å². The molecule has 0 aliphatic rings. The van der Waals surface area contributed by atoms with Crippen LogP contribution < -0.4 is 10.6 Å². The number of rotatable bonds is 4.